The van der Waals surface area contributed by atoms with Crippen LogP contribution in [-0.2, 0) is 0 Å². The summed E-state index contributed by atoms with van der Waals surface area (Å²) in [5, 5.41) is 3.16. The Morgan fingerprint density at radius 2 is 1.91 bits per heavy atom. The summed E-state index contributed by atoms with van der Waals surface area (Å²) in [6, 6.07) is 8.37. The van der Waals surface area contributed by atoms with E-state index in [-0.39, 0.29) is 37.0 Å². The van der Waals surface area contributed by atoms with E-state index in [9.17, 15) is 13.6 Å². The van der Waals surface area contributed by atoms with Crippen molar-refractivity contribution in [3.05, 3.63) is 64.7 Å². The lowest BCUT2D eigenvalue weighted by atomic mass is 10.1. The lowest BCUT2D eigenvalue weighted by molar-refractivity contribution is 0.0791. The molecule has 1 aliphatic rings. The molecular formula is C23H26ClF2N3O3. The van der Waals surface area contributed by atoms with Gasteiger partial charge in [0.25, 0.3) is 5.91 Å². The lowest BCUT2D eigenvalue weighted by Gasteiger charge is -2.24. The molecule has 0 saturated carbocycles. The fourth-order valence-electron chi connectivity index (χ4n) is 3.32. The van der Waals surface area contributed by atoms with Crippen molar-refractivity contribution in [3.63, 3.8) is 0 Å². The minimum absolute atomic E-state index is 0. The monoisotopic (exact) mass is 465 g/mol. The van der Waals surface area contributed by atoms with Crippen LogP contribution in [0.1, 0.15) is 22.8 Å². The zero-order valence-electron chi connectivity index (χ0n) is 18.2. The summed E-state index contributed by atoms with van der Waals surface area (Å²) < 4.78 is 37.8. The number of benzene rings is 2. The highest BCUT2D eigenvalue weighted by Crippen LogP contribution is 2.28. The van der Waals surface area contributed by atoms with Crippen LogP contribution in [0.15, 0.2) is 47.0 Å². The Morgan fingerprint density at radius 3 is 2.53 bits per heavy atom. The number of carbonyl (C=O) groups excluding carboxylic acids is 1. The van der Waals surface area contributed by atoms with Crippen LogP contribution in [0.4, 0.5) is 8.78 Å². The fraction of sp³-hybridized carbons (Fsp3) is 0.304. The highest BCUT2D eigenvalue weighted by Gasteiger charge is 2.21. The summed E-state index contributed by atoms with van der Waals surface area (Å²) >= 11 is 0. The van der Waals surface area contributed by atoms with Crippen LogP contribution in [0.2, 0.25) is 0 Å². The third-order valence-electron chi connectivity index (χ3n) is 4.81. The molecule has 6 nitrogen and oxygen atoms in total. The largest absolute Gasteiger partial charge is 0.493 e. The average molecular weight is 466 g/mol. The number of amides is 1. The number of hydrogen-bond donors (Lipinski definition) is 1. The van der Waals surface area contributed by atoms with Crippen molar-refractivity contribution in [1.29, 1.82) is 0 Å². The highest BCUT2D eigenvalue weighted by molar-refractivity contribution is 5.98. The van der Waals surface area contributed by atoms with Crippen molar-refractivity contribution in [2.24, 2.45) is 4.99 Å². The Balaban J connectivity index is 0.00000363. The van der Waals surface area contributed by atoms with E-state index >= 15 is 0 Å². The second-order valence-electron chi connectivity index (χ2n) is 7.14. The Labute approximate surface area is 192 Å². The Hall–Kier alpha value is -3.13. The quantitative estimate of drug-likeness (QED) is 0.641. The van der Waals surface area contributed by atoms with Crippen molar-refractivity contribution in [2.45, 2.75) is 6.92 Å². The predicted octanol–water partition coefficient (Wildman–Crippen LogP) is 3.95. The van der Waals surface area contributed by atoms with Crippen molar-refractivity contribution in [1.82, 2.24) is 10.2 Å². The fourth-order valence-corrected chi connectivity index (χ4v) is 3.32. The molecule has 172 valence electrons. The van der Waals surface area contributed by atoms with Crippen molar-refractivity contribution in [2.75, 3.05) is 40.4 Å². The Kier molecular flexibility index (Phi) is 9.02. The van der Waals surface area contributed by atoms with Crippen LogP contribution in [0.3, 0.4) is 0 Å². The number of nitrogens with one attached hydrogen (secondary N) is 1. The first-order valence-electron chi connectivity index (χ1n) is 9.82. The third-order valence-corrected chi connectivity index (χ3v) is 4.81. The second kappa shape index (κ2) is 11.5. The van der Waals surface area contributed by atoms with Gasteiger partial charge in [-0.3, -0.25) is 9.79 Å². The maximum Gasteiger partial charge on any atom is 0.254 e. The van der Waals surface area contributed by atoms with Crippen molar-refractivity contribution in [3.8, 4) is 11.5 Å². The molecule has 3 rings (SSSR count). The first-order chi connectivity index (χ1) is 14.9. The van der Waals surface area contributed by atoms with E-state index in [4.69, 9.17) is 9.47 Å². The molecule has 0 bridgehead atoms. The van der Waals surface area contributed by atoms with Gasteiger partial charge in [-0.25, -0.2) is 8.78 Å². The number of methoxy groups -OCH3 is 2. The number of hydrogen-bond acceptors (Lipinski definition) is 5. The van der Waals surface area contributed by atoms with E-state index in [2.05, 4.69) is 10.3 Å². The van der Waals surface area contributed by atoms with E-state index in [0.29, 0.717) is 23.6 Å². The molecule has 1 heterocycles. The van der Waals surface area contributed by atoms with E-state index in [0.717, 1.165) is 24.0 Å². The van der Waals surface area contributed by atoms with E-state index in [1.54, 1.807) is 36.1 Å². The van der Waals surface area contributed by atoms with Gasteiger partial charge in [-0.2, -0.15) is 0 Å². The predicted molar refractivity (Wildman–Crippen MR) is 123 cm³/mol. The summed E-state index contributed by atoms with van der Waals surface area (Å²) in [5.41, 5.74) is 1.42. The first-order valence-corrected chi connectivity index (χ1v) is 9.82. The number of carbonyl (C=O) groups is 1. The van der Waals surface area contributed by atoms with E-state index in [1.165, 1.54) is 26.4 Å². The van der Waals surface area contributed by atoms with Gasteiger partial charge >= 0.3 is 0 Å². The SMILES string of the molecule is COc1ccc(C(=O)N(CC(C)=Cc2ccc(F)cc2F)CC2=NCCN2)cc1OC.Cl. The molecule has 0 atom stereocenters. The smallest absolute Gasteiger partial charge is 0.254 e. The molecule has 0 aromatic heterocycles. The topological polar surface area (TPSA) is 63.2 Å². The molecular weight excluding hydrogens is 440 g/mol. The lowest BCUT2D eigenvalue weighted by Crippen LogP contribution is -2.40. The summed E-state index contributed by atoms with van der Waals surface area (Å²) in [5.74, 6) is 0.168. The van der Waals surface area contributed by atoms with Crippen molar-refractivity contribution < 1.29 is 23.0 Å². The highest BCUT2D eigenvalue weighted by atomic mass is 35.5. The van der Waals surface area contributed by atoms with Crippen LogP contribution >= 0.6 is 12.4 Å². The van der Waals surface area contributed by atoms with Gasteiger partial charge in [-0.15, -0.1) is 12.4 Å². The number of nitrogens with zero attached hydrogens (tertiary/aromatic N) is 2. The molecule has 1 N–H and O–H groups in total. The van der Waals surface area contributed by atoms with Gasteiger partial charge in [0.05, 0.1) is 27.3 Å². The Bertz CT molecular complexity index is 1030. The first kappa shape index (κ1) is 25.1. The molecule has 1 aliphatic heterocycles. The van der Waals surface area contributed by atoms with Gasteiger partial charge < -0.3 is 19.7 Å². The molecule has 0 aliphatic carbocycles. The molecule has 32 heavy (non-hydrogen) atoms. The van der Waals surface area contributed by atoms with Crippen LogP contribution in [0, 0.1) is 11.6 Å². The summed E-state index contributed by atoms with van der Waals surface area (Å²) in [4.78, 5) is 19.3. The number of ether oxygens (including phenoxy) is 2. The molecule has 0 radical (unpaired) electrons. The van der Waals surface area contributed by atoms with Gasteiger partial charge in [0.2, 0.25) is 0 Å². The van der Waals surface area contributed by atoms with Crippen LogP contribution < -0.4 is 14.8 Å². The number of rotatable bonds is 8. The minimum Gasteiger partial charge on any atom is -0.493 e. The molecule has 9 heteroatoms. The molecule has 2 aromatic rings. The van der Waals surface area contributed by atoms with Gasteiger partial charge in [-0.1, -0.05) is 11.6 Å². The molecule has 1 amide bonds. The van der Waals surface area contributed by atoms with Crippen LogP contribution in [0.25, 0.3) is 6.08 Å². The Morgan fingerprint density at radius 1 is 1.16 bits per heavy atom. The summed E-state index contributed by atoms with van der Waals surface area (Å²) in [6.07, 6.45) is 1.60. The molecule has 0 fully saturated rings. The zero-order chi connectivity index (χ0) is 22.4. The number of amidine groups is 1. The van der Waals surface area contributed by atoms with E-state index < -0.39 is 11.6 Å². The maximum atomic E-state index is 14.0. The maximum absolute atomic E-state index is 14.0. The van der Waals surface area contributed by atoms with Gasteiger partial charge in [-0.05, 0) is 37.3 Å². The zero-order valence-corrected chi connectivity index (χ0v) is 19.0. The van der Waals surface area contributed by atoms with Crippen LogP contribution in [0.5, 0.6) is 11.5 Å². The minimum atomic E-state index is -0.654. The molecule has 2 aromatic carbocycles. The summed E-state index contributed by atoms with van der Waals surface area (Å²) in [6.45, 7) is 3.70. The standard InChI is InChI=1S/C23H25F2N3O3.ClH/c1-15(10-16-4-6-18(24)12-19(16)25)13-28(14-22-26-8-9-27-22)23(29)17-5-7-20(30-2)21(11-17)31-3;/h4-7,10-12H,8-9,13-14H2,1-3H3,(H,26,27);1H. The number of aliphatic imine (C=N–C) groups is 1. The van der Waals surface area contributed by atoms with E-state index in [1.807, 2.05) is 0 Å². The molecule has 0 saturated heterocycles. The van der Waals surface area contributed by atoms with Gasteiger partial charge in [0.1, 0.15) is 17.5 Å². The summed E-state index contributed by atoms with van der Waals surface area (Å²) in [7, 11) is 3.03. The molecule has 0 unspecified atom stereocenters. The van der Waals surface area contributed by atoms with Gasteiger partial charge in [0.15, 0.2) is 11.5 Å². The van der Waals surface area contributed by atoms with Gasteiger partial charge in [0, 0.05) is 30.3 Å². The second-order valence-corrected chi connectivity index (χ2v) is 7.14. The molecule has 0 spiro atoms. The normalized spacial score (nSPS) is 13.0. The van der Waals surface area contributed by atoms with Crippen LogP contribution in [-0.4, -0.2) is 57.0 Å². The number of halogens is 3. The van der Waals surface area contributed by atoms with Crippen molar-refractivity contribution >= 4 is 30.2 Å². The average Bonchev–Trinajstić information content (AvgIpc) is 3.27. The third kappa shape index (κ3) is 6.20.